The molecule has 4 heteroatoms. The topological polar surface area (TPSA) is 49.2 Å². The van der Waals surface area contributed by atoms with Crippen LogP contribution in [-0.4, -0.2) is 15.1 Å². The number of benzene rings is 7. The SMILES string of the molecule is Cc1cc(-c2cc(-c3ccccc3)cc(-c3cc(N(c4ccccc4)c4cc(-c5ccc(C(C)(C)c6ccccc6)cc5)ccn4)cc(C(C)(C)C)c3)n2)c(O)c(C)c1-c1ccccc1. The Balaban J connectivity index is 1.19. The molecule has 2 heterocycles. The molecule has 0 aliphatic heterocycles. The molecule has 7 aromatic carbocycles. The minimum Gasteiger partial charge on any atom is -0.507 e. The fourth-order valence-corrected chi connectivity index (χ4v) is 8.96. The highest BCUT2D eigenvalue weighted by atomic mass is 16.3. The van der Waals surface area contributed by atoms with Crippen molar-refractivity contribution >= 4 is 17.2 Å². The number of phenols is 1. The van der Waals surface area contributed by atoms with Crippen LogP contribution in [0.15, 0.2) is 200 Å². The second kappa shape index (κ2) is 17.5. The number of aryl methyl sites for hydroxylation is 1. The summed E-state index contributed by atoms with van der Waals surface area (Å²) < 4.78 is 0. The number of hydrogen-bond acceptors (Lipinski definition) is 4. The van der Waals surface area contributed by atoms with Gasteiger partial charge in [0.05, 0.1) is 11.4 Å². The summed E-state index contributed by atoms with van der Waals surface area (Å²) in [5, 5.41) is 12.0. The van der Waals surface area contributed by atoms with Gasteiger partial charge in [-0.3, -0.25) is 4.90 Å². The third-order valence-corrected chi connectivity index (χ3v) is 12.8. The van der Waals surface area contributed by atoms with Gasteiger partial charge in [-0.15, -0.1) is 0 Å². The largest absolute Gasteiger partial charge is 0.507 e. The van der Waals surface area contributed by atoms with E-state index in [2.05, 4.69) is 210 Å². The lowest BCUT2D eigenvalue weighted by molar-refractivity contribution is 0.473. The summed E-state index contributed by atoms with van der Waals surface area (Å²) in [4.78, 5) is 12.7. The average Bonchev–Trinajstić information content (AvgIpc) is 3.33. The van der Waals surface area contributed by atoms with Gasteiger partial charge in [0.25, 0.3) is 0 Å². The number of anilines is 3. The minimum absolute atomic E-state index is 0.134. The van der Waals surface area contributed by atoms with Crippen LogP contribution < -0.4 is 4.90 Å². The molecule has 0 unspecified atom stereocenters. The fourth-order valence-electron chi connectivity index (χ4n) is 8.96. The molecule has 0 radical (unpaired) electrons. The van der Waals surface area contributed by atoms with Crippen LogP contribution in [0.5, 0.6) is 5.75 Å². The second-order valence-corrected chi connectivity index (χ2v) is 18.6. The van der Waals surface area contributed by atoms with Crippen LogP contribution in [0.3, 0.4) is 0 Å². The van der Waals surface area contributed by atoms with Crippen molar-refractivity contribution in [2.24, 2.45) is 0 Å². The maximum Gasteiger partial charge on any atom is 0.138 e. The van der Waals surface area contributed by atoms with Gasteiger partial charge in [0.15, 0.2) is 0 Å². The van der Waals surface area contributed by atoms with Gasteiger partial charge in [0.2, 0.25) is 0 Å². The molecular weight excluding hydrogens is 791 g/mol. The third kappa shape index (κ3) is 8.73. The molecule has 2 aromatic heterocycles. The van der Waals surface area contributed by atoms with Crippen molar-refractivity contribution in [2.75, 3.05) is 4.90 Å². The van der Waals surface area contributed by atoms with Crippen molar-refractivity contribution in [2.45, 2.75) is 59.3 Å². The summed E-state index contributed by atoms with van der Waals surface area (Å²) >= 11 is 0. The van der Waals surface area contributed by atoms with Gasteiger partial charge in [-0.1, -0.05) is 168 Å². The Morgan fingerprint density at radius 2 is 1.02 bits per heavy atom. The minimum atomic E-state index is -0.197. The Hall–Kier alpha value is -7.56. The van der Waals surface area contributed by atoms with Crippen molar-refractivity contribution < 1.29 is 5.11 Å². The van der Waals surface area contributed by atoms with E-state index in [-0.39, 0.29) is 16.6 Å². The van der Waals surface area contributed by atoms with Crippen LogP contribution in [0.2, 0.25) is 0 Å². The van der Waals surface area contributed by atoms with Crippen LogP contribution in [0.25, 0.3) is 55.9 Å². The first kappa shape index (κ1) is 42.7. The van der Waals surface area contributed by atoms with E-state index >= 15 is 0 Å². The van der Waals surface area contributed by atoms with Crippen molar-refractivity contribution in [1.82, 2.24) is 9.97 Å². The number of hydrogen-bond donors (Lipinski definition) is 1. The number of rotatable bonds is 10. The molecule has 9 rings (SSSR count). The molecule has 0 saturated heterocycles. The van der Waals surface area contributed by atoms with Crippen molar-refractivity contribution in [3.8, 4) is 61.6 Å². The van der Waals surface area contributed by atoms with E-state index < -0.39 is 0 Å². The highest BCUT2D eigenvalue weighted by molar-refractivity contribution is 5.86. The molecule has 1 N–H and O–H groups in total. The first-order chi connectivity index (χ1) is 31.3. The summed E-state index contributed by atoms with van der Waals surface area (Å²) in [6, 6.07) is 68.2. The van der Waals surface area contributed by atoms with Crippen LogP contribution in [0.4, 0.5) is 17.2 Å². The van der Waals surface area contributed by atoms with E-state index in [9.17, 15) is 5.11 Å². The molecule has 0 atom stereocenters. The zero-order valence-corrected chi connectivity index (χ0v) is 38.3. The Labute approximate surface area is 384 Å². The first-order valence-electron chi connectivity index (χ1n) is 22.5. The van der Waals surface area contributed by atoms with Crippen molar-refractivity contribution in [3.05, 3.63) is 228 Å². The van der Waals surface area contributed by atoms with Gasteiger partial charge in [0, 0.05) is 34.1 Å². The highest BCUT2D eigenvalue weighted by Crippen LogP contribution is 2.44. The zero-order valence-electron chi connectivity index (χ0n) is 38.3. The molecule has 0 saturated carbocycles. The van der Waals surface area contributed by atoms with Crippen molar-refractivity contribution in [3.63, 3.8) is 0 Å². The summed E-state index contributed by atoms with van der Waals surface area (Å²) in [5.74, 6) is 1.04. The quantitative estimate of drug-likeness (QED) is 0.149. The predicted octanol–water partition coefficient (Wildman–Crippen LogP) is 16.2. The average molecular weight is 846 g/mol. The van der Waals surface area contributed by atoms with E-state index in [1.807, 2.05) is 43.5 Å². The zero-order chi connectivity index (χ0) is 45.3. The van der Waals surface area contributed by atoms with Crippen LogP contribution in [0.1, 0.15) is 62.4 Å². The lowest BCUT2D eigenvalue weighted by Crippen LogP contribution is -2.18. The number of pyridine rings is 2. The van der Waals surface area contributed by atoms with Crippen LogP contribution in [-0.2, 0) is 10.8 Å². The van der Waals surface area contributed by atoms with Gasteiger partial charge in [-0.25, -0.2) is 9.97 Å². The molecule has 0 bridgehead atoms. The van der Waals surface area contributed by atoms with E-state index in [0.717, 1.165) is 78.5 Å². The lowest BCUT2D eigenvalue weighted by atomic mass is 9.78. The Morgan fingerprint density at radius 1 is 0.446 bits per heavy atom. The Bertz CT molecular complexity index is 3100. The van der Waals surface area contributed by atoms with Gasteiger partial charge in [-0.2, -0.15) is 0 Å². The van der Waals surface area contributed by atoms with E-state index in [0.29, 0.717) is 11.3 Å². The summed E-state index contributed by atoms with van der Waals surface area (Å²) in [6.07, 6.45) is 1.91. The molecule has 0 aliphatic rings. The van der Waals surface area contributed by atoms with Crippen molar-refractivity contribution in [1.29, 1.82) is 0 Å². The number of aromatic hydroxyl groups is 1. The number of phenolic OH excluding ortho intramolecular Hbond substituents is 1. The van der Waals surface area contributed by atoms with Crippen LogP contribution in [0, 0.1) is 13.8 Å². The van der Waals surface area contributed by atoms with Gasteiger partial charge in [0.1, 0.15) is 11.6 Å². The molecule has 65 heavy (non-hydrogen) atoms. The highest BCUT2D eigenvalue weighted by Gasteiger charge is 2.25. The number of para-hydroxylation sites is 1. The monoisotopic (exact) mass is 845 g/mol. The maximum absolute atomic E-state index is 12.0. The lowest BCUT2D eigenvalue weighted by Gasteiger charge is -2.28. The third-order valence-electron chi connectivity index (χ3n) is 12.8. The molecule has 4 nitrogen and oxygen atoms in total. The summed E-state index contributed by atoms with van der Waals surface area (Å²) in [7, 11) is 0. The smallest absolute Gasteiger partial charge is 0.138 e. The molecule has 0 fully saturated rings. The molecule has 9 aromatic rings. The molecular formula is C61H55N3O. The maximum atomic E-state index is 12.0. The molecule has 0 spiro atoms. The number of nitrogens with zero attached hydrogens (tertiary/aromatic N) is 3. The van der Waals surface area contributed by atoms with Gasteiger partial charge >= 0.3 is 0 Å². The molecule has 0 amide bonds. The standard InChI is InChI=1S/C61H55N3O/c1-41-34-54(59(65)42(2)58(41)45-22-14-9-15-23-45)56-38-47(43-20-12-8-13-21-43)37-55(63-56)48-35-51(60(3,4)5)40-53(36-48)64(52-26-18-11-19-27-52)57-39-46(32-33-62-57)44-28-30-50(31-29-44)61(6,7)49-24-16-10-17-25-49/h8-40,65H,1-7H3. The van der Waals surface area contributed by atoms with E-state index in [4.69, 9.17) is 9.97 Å². The van der Waals surface area contributed by atoms with E-state index in [1.165, 1.54) is 11.1 Å². The predicted molar refractivity (Wildman–Crippen MR) is 272 cm³/mol. The normalized spacial score (nSPS) is 11.7. The Morgan fingerprint density at radius 3 is 1.66 bits per heavy atom. The summed E-state index contributed by atoms with van der Waals surface area (Å²) in [5.41, 5.74) is 16.8. The fraction of sp³-hybridized carbons (Fsp3) is 0.148. The first-order valence-corrected chi connectivity index (χ1v) is 22.5. The van der Waals surface area contributed by atoms with E-state index in [1.54, 1.807) is 0 Å². The Kier molecular flexibility index (Phi) is 11.5. The number of aromatic nitrogens is 2. The van der Waals surface area contributed by atoms with Gasteiger partial charge < -0.3 is 5.11 Å². The molecule has 0 aliphatic carbocycles. The van der Waals surface area contributed by atoms with Gasteiger partial charge in [-0.05, 0) is 141 Å². The molecule has 320 valence electrons. The van der Waals surface area contributed by atoms with Crippen LogP contribution >= 0.6 is 0 Å². The summed E-state index contributed by atoms with van der Waals surface area (Å²) in [6.45, 7) is 15.4. The second-order valence-electron chi connectivity index (χ2n) is 18.6.